The van der Waals surface area contributed by atoms with E-state index in [9.17, 15) is 19.8 Å². The molecule has 0 aromatic heterocycles. The molecule has 4 rings (SSSR count). The Morgan fingerprint density at radius 2 is 1.94 bits per heavy atom. The number of nitrogens with one attached hydrogen (secondary N) is 1. The molecule has 0 radical (unpaired) electrons. The first kappa shape index (κ1) is 22.1. The molecular formula is C24H27NO7. The molecule has 0 bridgehead atoms. The van der Waals surface area contributed by atoms with Crippen LogP contribution in [-0.4, -0.2) is 47.3 Å². The van der Waals surface area contributed by atoms with Gasteiger partial charge in [0.1, 0.15) is 11.9 Å². The first-order valence-electron chi connectivity index (χ1n) is 10.5. The van der Waals surface area contributed by atoms with Crippen LogP contribution in [-0.2, 0) is 16.1 Å². The molecular weight excluding hydrogens is 414 g/mol. The van der Waals surface area contributed by atoms with Crippen molar-refractivity contribution in [1.29, 1.82) is 0 Å². The Morgan fingerprint density at radius 1 is 1.19 bits per heavy atom. The van der Waals surface area contributed by atoms with Crippen LogP contribution in [0.15, 0.2) is 42.5 Å². The van der Waals surface area contributed by atoms with Crippen molar-refractivity contribution >= 4 is 12.1 Å². The number of carbonyl (C=O) groups is 2. The monoisotopic (exact) mass is 441 g/mol. The molecule has 2 aliphatic rings. The molecule has 1 heterocycles. The third kappa shape index (κ3) is 4.03. The lowest BCUT2D eigenvalue weighted by Crippen LogP contribution is -2.63. The molecule has 1 unspecified atom stereocenters. The Morgan fingerprint density at radius 3 is 2.66 bits per heavy atom. The number of carboxylic acid groups (broad SMARTS) is 1. The van der Waals surface area contributed by atoms with E-state index < -0.39 is 30.1 Å². The molecule has 170 valence electrons. The van der Waals surface area contributed by atoms with Crippen LogP contribution < -0.4 is 10.1 Å². The summed E-state index contributed by atoms with van der Waals surface area (Å²) in [4.78, 5) is 23.4. The quantitative estimate of drug-likeness (QED) is 0.667. The molecule has 1 fully saturated rings. The van der Waals surface area contributed by atoms with E-state index in [1.54, 1.807) is 36.4 Å². The number of carbonyl (C=O) groups excluding carboxylic acids is 1. The third-order valence-corrected chi connectivity index (χ3v) is 6.03. The van der Waals surface area contributed by atoms with Crippen LogP contribution in [0.5, 0.6) is 5.75 Å². The second-order valence-corrected chi connectivity index (χ2v) is 9.06. The number of hydrogen-bond acceptors (Lipinski definition) is 6. The number of carboxylic acids is 1. The number of ether oxygens (including phenoxy) is 3. The Balaban J connectivity index is 1.65. The lowest BCUT2D eigenvalue weighted by molar-refractivity contribution is -0.304. The summed E-state index contributed by atoms with van der Waals surface area (Å²) in [6.07, 6.45) is -1.71. The summed E-state index contributed by atoms with van der Waals surface area (Å²) in [6.45, 7) is 4.18. The summed E-state index contributed by atoms with van der Waals surface area (Å²) in [7, 11) is 1.46. The number of hydrogen-bond donors (Lipinski definition) is 3. The van der Waals surface area contributed by atoms with Gasteiger partial charge in [-0.3, -0.25) is 0 Å². The number of benzene rings is 2. The highest BCUT2D eigenvalue weighted by molar-refractivity contribution is 5.96. The van der Waals surface area contributed by atoms with Crippen molar-refractivity contribution in [2.24, 2.45) is 5.41 Å². The van der Waals surface area contributed by atoms with Gasteiger partial charge in [-0.25, -0.2) is 9.59 Å². The maximum absolute atomic E-state index is 11.8. The zero-order valence-corrected chi connectivity index (χ0v) is 18.3. The number of aromatic carboxylic acids is 1. The molecule has 8 heteroatoms. The average molecular weight is 441 g/mol. The number of rotatable bonds is 3. The first-order chi connectivity index (χ1) is 15.1. The van der Waals surface area contributed by atoms with Gasteiger partial charge in [0.25, 0.3) is 0 Å². The van der Waals surface area contributed by atoms with E-state index in [0.29, 0.717) is 24.2 Å². The highest BCUT2D eigenvalue weighted by atomic mass is 16.7. The molecule has 1 spiro atoms. The van der Waals surface area contributed by atoms with Crippen molar-refractivity contribution in [2.75, 3.05) is 7.05 Å². The molecule has 8 nitrogen and oxygen atoms in total. The second-order valence-electron chi connectivity index (χ2n) is 9.06. The highest BCUT2D eigenvalue weighted by Crippen LogP contribution is 2.48. The maximum atomic E-state index is 11.8. The fourth-order valence-electron chi connectivity index (χ4n) is 4.61. The molecule has 3 atom stereocenters. The Hall–Kier alpha value is -3.10. The summed E-state index contributed by atoms with van der Waals surface area (Å²) in [5.74, 6) is -1.81. The van der Waals surface area contributed by atoms with Crippen molar-refractivity contribution in [3.05, 3.63) is 53.6 Å². The van der Waals surface area contributed by atoms with Crippen LogP contribution >= 0.6 is 0 Å². The van der Waals surface area contributed by atoms with Crippen molar-refractivity contribution in [3.63, 3.8) is 0 Å². The molecule has 1 saturated carbocycles. The standard InChI is InChI=1S/C24H27NO7/c1-23(2)11-19(31-22(29)25-3)20(26)24(13-23)30-12-15-10-14(8-9-18(15)32-24)16-6-4-5-7-17(16)21(27)28/h4-10,19-20,26H,11-13H2,1-3H3,(H,25,29)(H,27,28)/t19-,20-,24?/m1/s1. The van der Waals surface area contributed by atoms with Crippen LogP contribution in [0.1, 0.15) is 42.6 Å². The zero-order chi connectivity index (χ0) is 23.1. The number of aliphatic hydroxyl groups is 1. The number of amides is 1. The Kier molecular flexibility index (Phi) is 5.60. The summed E-state index contributed by atoms with van der Waals surface area (Å²) in [5, 5.41) is 23.0. The van der Waals surface area contributed by atoms with E-state index in [-0.39, 0.29) is 17.6 Å². The van der Waals surface area contributed by atoms with Crippen LogP contribution in [0.25, 0.3) is 11.1 Å². The normalized spacial score (nSPS) is 26.0. The van der Waals surface area contributed by atoms with Crippen LogP contribution in [0.3, 0.4) is 0 Å². The van der Waals surface area contributed by atoms with E-state index in [0.717, 1.165) is 11.1 Å². The van der Waals surface area contributed by atoms with Gasteiger partial charge < -0.3 is 29.7 Å². The lowest BCUT2D eigenvalue weighted by atomic mass is 9.71. The van der Waals surface area contributed by atoms with E-state index >= 15 is 0 Å². The van der Waals surface area contributed by atoms with Crippen molar-refractivity contribution in [1.82, 2.24) is 5.32 Å². The molecule has 2 aromatic carbocycles. The predicted octanol–water partition coefficient (Wildman–Crippen LogP) is 3.56. The maximum Gasteiger partial charge on any atom is 0.407 e. The van der Waals surface area contributed by atoms with Gasteiger partial charge in [0, 0.05) is 19.0 Å². The van der Waals surface area contributed by atoms with Crippen molar-refractivity contribution in [3.8, 4) is 16.9 Å². The summed E-state index contributed by atoms with van der Waals surface area (Å²) in [6, 6.07) is 12.2. The molecule has 1 aliphatic heterocycles. The summed E-state index contributed by atoms with van der Waals surface area (Å²) >= 11 is 0. The number of fused-ring (bicyclic) bond motifs is 1. The zero-order valence-electron chi connectivity index (χ0n) is 18.3. The van der Waals surface area contributed by atoms with Crippen LogP contribution in [0.4, 0.5) is 4.79 Å². The van der Waals surface area contributed by atoms with Crippen molar-refractivity contribution < 1.29 is 34.0 Å². The molecule has 2 aromatic rings. The molecule has 3 N–H and O–H groups in total. The smallest absolute Gasteiger partial charge is 0.407 e. The molecule has 1 amide bonds. The predicted molar refractivity (Wildman–Crippen MR) is 115 cm³/mol. The van der Waals surface area contributed by atoms with Crippen molar-refractivity contribution in [2.45, 2.75) is 51.3 Å². The van der Waals surface area contributed by atoms with Crippen LogP contribution in [0.2, 0.25) is 0 Å². The minimum atomic E-state index is -1.35. The SMILES string of the molecule is CNC(=O)O[C@@H]1CC(C)(C)CC2(OCc3cc(-c4ccccc4C(=O)O)ccc3O2)[C@@H]1O. The fourth-order valence-corrected chi connectivity index (χ4v) is 4.61. The lowest BCUT2D eigenvalue weighted by Gasteiger charge is -2.51. The van der Waals surface area contributed by atoms with Gasteiger partial charge in [-0.15, -0.1) is 0 Å². The van der Waals surface area contributed by atoms with Gasteiger partial charge >= 0.3 is 12.1 Å². The number of aliphatic hydroxyl groups excluding tert-OH is 1. The fraction of sp³-hybridized carbons (Fsp3) is 0.417. The topological polar surface area (TPSA) is 114 Å². The Bertz CT molecular complexity index is 1050. The largest absolute Gasteiger partial charge is 0.478 e. The minimum absolute atomic E-state index is 0.165. The average Bonchev–Trinajstić information content (AvgIpc) is 2.76. The third-order valence-electron chi connectivity index (χ3n) is 6.03. The number of alkyl carbamates (subject to hydrolysis) is 1. The van der Waals surface area contributed by atoms with E-state index in [2.05, 4.69) is 5.32 Å². The first-order valence-corrected chi connectivity index (χ1v) is 10.5. The van der Waals surface area contributed by atoms with E-state index in [1.807, 2.05) is 19.9 Å². The van der Waals surface area contributed by atoms with Gasteiger partial charge in [-0.05, 0) is 41.2 Å². The Labute approximate surface area is 186 Å². The van der Waals surface area contributed by atoms with Gasteiger partial charge in [-0.1, -0.05) is 38.1 Å². The molecule has 1 aliphatic carbocycles. The van der Waals surface area contributed by atoms with Gasteiger partial charge in [0.05, 0.1) is 12.2 Å². The van der Waals surface area contributed by atoms with E-state index in [4.69, 9.17) is 14.2 Å². The van der Waals surface area contributed by atoms with Crippen LogP contribution in [0, 0.1) is 5.41 Å². The van der Waals surface area contributed by atoms with Gasteiger partial charge in [0.2, 0.25) is 5.79 Å². The van der Waals surface area contributed by atoms with Gasteiger partial charge in [0.15, 0.2) is 6.10 Å². The molecule has 0 saturated heterocycles. The second kappa shape index (κ2) is 8.11. The summed E-state index contributed by atoms with van der Waals surface area (Å²) in [5.41, 5.74) is 1.97. The van der Waals surface area contributed by atoms with E-state index in [1.165, 1.54) is 7.05 Å². The molecule has 32 heavy (non-hydrogen) atoms. The highest BCUT2D eigenvalue weighted by Gasteiger charge is 2.57. The summed E-state index contributed by atoms with van der Waals surface area (Å²) < 4.78 is 17.7. The van der Waals surface area contributed by atoms with Gasteiger partial charge in [-0.2, -0.15) is 0 Å². The minimum Gasteiger partial charge on any atom is -0.478 e.